The molecule has 0 aliphatic heterocycles. The molecule has 0 spiro atoms. The minimum absolute atomic E-state index is 0.0485. The minimum Gasteiger partial charge on any atom is -0.426 e. The Balaban J connectivity index is 2.95. The molecule has 0 saturated carbocycles. The van der Waals surface area contributed by atoms with E-state index in [9.17, 15) is 9.59 Å². The first kappa shape index (κ1) is 11.2. The number of esters is 1. The van der Waals surface area contributed by atoms with E-state index in [0.717, 1.165) is 0 Å². The van der Waals surface area contributed by atoms with E-state index in [1.165, 1.54) is 19.9 Å². The van der Waals surface area contributed by atoms with Gasteiger partial charge in [0.25, 0.3) is 0 Å². The Kier molecular flexibility index (Phi) is 3.80. The molecular formula is C12H12O3. The number of hydrogen-bond acceptors (Lipinski definition) is 3. The topological polar surface area (TPSA) is 43.4 Å². The van der Waals surface area contributed by atoms with Crippen LogP contribution in [-0.2, 0) is 9.59 Å². The van der Waals surface area contributed by atoms with Crippen LogP contribution in [0.4, 0.5) is 0 Å². The van der Waals surface area contributed by atoms with Crippen LogP contribution in [0.2, 0.25) is 0 Å². The maximum absolute atomic E-state index is 10.8. The van der Waals surface area contributed by atoms with Crippen LogP contribution < -0.4 is 4.74 Å². The van der Waals surface area contributed by atoms with Gasteiger partial charge in [-0.1, -0.05) is 18.2 Å². The molecule has 0 atom stereocenters. The lowest BCUT2D eigenvalue weighted by Crippen LogP contribution is -2.02. The van der Waals surface area contributed by atoms with Crippen molar-refractivity contribution >= 4 is 17.8 Å². The summed E-state index contributed by atoms with van der Waals surface area (Å²) in [7, 11) is 0. The molecule has 0 amide bonds. The van der Waals surface area contributed by atoms with Crippen molar-refractivity contribution in [1.29, 1.82) is 0 Å². The summed E-state index contributed by atoms with van der Waals surface area (Å²) < 4.78 is 4.98. The van der Waals surface area contributed by atoms with Gasteiger partial charge in [-0.3, -0.25) is 9.59 Å². The lowest BCUT2D eigenvalue weighted by molar-refractivity contribution is -0.131. The number of para-hydroxylation sites is 1. The van der Waals surface area contributed by atoms with E-state index in [1.54, 1.807) is 24.3 Å². The van der Waals surface area contributed by atoms with Crippen molar-refractivity contribution in [2.75, 3.05) is 0 Å². The van der Waals surface area contributed by atoms with E-state index >= 15 is 0 Å². The third-order valence-corrected chi connectivity index (χ3v) is 1.67. The third-order valence-electron chi connectivity index (χ3n) is 1.67. The Bertz CT molecular complexity index is 405. The van der Waals surface area contributed by atoms with E-state index in [1.807, 2.05) is 6.07 Å². The molecular weight excluding hydrogens is 192 g/mol. The van der Waals surface area contributed by atoms with Crippen molar-refractivity contribution in [1.82, 2.24) is 0 Å². The lowest BCUT2D eigenvalue weighted by Gasteiger charge is -2.04. The summed E-state index contributed by atoms with van der Waals surface area (Å²) >= 11 is 0. The van der Waals surface area contributed by atoms with Crippen LogP contribution in [0.15, 0.2) is 30.3 Å². The van der Waals surface area contributed by atoms with Gasteiger partial charge in [-0.15, -0.1) is 0 Å². The highest BCUT2D eigenvalue weighted by Gasteiger charge is 2.02. The minimum atomic E-state index is -0.376. The first-order chi connectivity index (χ1) is 7.09. The van der Waals surface area contributed by atoms with Crippen LogP contribution in [0.3, 0.4) is 0 Å². The van der Waals surface area contributed by atoms with Gasteiger partial charge in [0.15, 0.2) is 5.78 Å². The predicted octanol–water partition coefficient (Wildman–Crippen LogP) is 2.21. The second-order valence-corrected chi connectivity index (χ2v) is 3.08. The fraction of sp³-hybridized carbons (Fsp3) is 0.167. The van der Waals surface area contributed by atoms with Gasteiger partial charge in [-0.05, 0) is 25.1 Å². The van der Waals surface area contributed by atoms with Gasteiger partial charge in [0.05, 0.1) is 0 Å². The normalized spacial score (nSPS) is 10.3. The molecule has 15 heavy (non-hydrogen) atoms. The summed E-state index contributed by atoms with van der Waals surface area (Å²) in [5.74, 6) is 0.0359. The van der Waals surface area contributed by atoms with E-state index in [2.05, 4.69) is 0 Å². The van der Waals surface area contributed by atoms with Crippen LogP contribution >= 0.6 is 0 Å². The van der Waals surface area contributed by atoms with Gasteiger partial charge in [0, 0.05) is 12.5 Å². The molecule has 78 valence electrons. The Morgan fingerprint density at radius 2 is 1.87 bits per heavy atom. The molecule has 0 aliphatic rings. The smallest absolute Gasteiger partial charge is 0.308 e. The molecule has 0 heterocycles. The van der Waals surface area contributed by atoms with E-state index < -0.39 is 0 Å². The molecule has 0 bridgehead atoms. The highest BCUT2D eigenvalue weighted by atomic mass is 16.5. The first-order valence-corrected chi connectivity index (χ1v) is 4.55. The zero-order valence-electron chi connectivity index (χ0n) is 8.69. The van der Waals surface area contributed by atoms with Gasteiger partial charge in [0.2, 0.25) is 0 Å². The second-order valence-electron chi connectivity index (χ2n) is 3.08. The van der Waals surface area contributed by atoms with Crippen molar-refractivity contribution in [3.63, 3.8) is 0 Å². The number of carbonyl (C=O) groups excluding carboxylic acids is 2. The van der Waals surface area contributed by atoms with E-state index in [-0.39, 0.29) is 11.8 Å². The Morgan fingerprint density at radius 3 is 2.47 bits per heavy atom. The predicted molar refractivity (Wildman–Crippen MR) is 57.5 cm³/mol. The fourth-order valence-corrected chi connectivity index (χ4v) is 1.07. The third kappa shape index (κ3) is 3.77. The van der Waals surface area contributed by atoms with Gasteiger partial charge in [-0.2, -0.15) is 0 Å². The van der Waals surface area contributed by atoms with Gasteiger partial charge < -0.3 is 4.74 Å². The second kappa shape index (κ2) is 5.10. The average Bonchev–Trinajstić information content (AvgIpc) is 2.15. The maximum atomic E-state index is 10.8. The molecule has 0 N–H and O–H groups in total. The van der Waals surface area contributed by atoms with Crippen molar-refractivity contribution in [3.05, 3.63) is 35.9 Å². The van der Waals surface area contributed by atoms with Crippen LogP contribution in [-0.4, -0.2) is 11.8 Å². The summed E-state index contributed by atoms with van der Waals surface area (Å²) in [5.41, 5.74) is 0.711. The van der Waals surface area contributed by atoms with Crippen LogP contribution in [0.1, 0.15) is 19.4 Å². The maximum Gasteiger partial charge on any atom is 0.308 e. The molecule has 0 unspecified atom stereocenters. The summed E-state index contributed by atoms with van der Waals surface area (Å²) in [4.78, 5) is 21.5. The summed E-state index contributed by atoms with van der Waals surface area (Å²) in [5, 5.41) is 0. The molecule has 1 aromatic rings. The number of carbonyl (C=O) groups is 2. The Labute approximate surface area is 88.4 Å². The molecule has 3 heteroatoms. The standard InChI is InChI=1S/C12H12O3/c1-9(13)7-8-11-5-3-4-6-12(11)15-10(2)14/h3-8H,1-2H3/b8-7-. The average molecular weight is 204 g/mol. The number of ether oxygens (including phenoxy) is 1. The zero-order chi connectivity index (χ0) is 11.3. The molecule has 0 fully saturated rings. The molecule has 1 rings (SSSR count). The van der Waals surface area contributed by atoms with Gasteiger partial charge in [0.1, 0.15) is 5.75 Å². The highest BCUT2D eigenvalue weighted by Crippen LogP contribution is 2.19. The highest BCUT2D eigenvalue weighted by molar-refractivity contribution is 5.92. The Hall–Kier alpha value is -1.90. The summed E-state index contributed by atoms with van der Waals surface area (Å²) in [6.45, 7) is 2.80. The van der Waals surface area contributed by atoms with Gasteiger partial charge >= 0.3 is 5.97 Å². The number of ketones is 1. The van der Waals surface area contributed by atoms with E-state index in [4.69, 9.17) is 4.74 Å². The quantitative estimate of drug-likeness (QED) is 0.430. The van der Waals surface area contributed by atoms with Crippen LogP contribution in [0.5, 0.6) is 5.75 Å². The van der Waals surface area contributed by atoms with Crippen LogP contribution in [0.25, 0.3) is 6.08 Å². The number of allylic oxidation sites excluding steroid dienone is 1. The summed E-state index contributed by atoms with van der Waals surface area (Å²) in [6, 6.07) is 7.04. The summed E-state index contributed by atoms with van der Waals surface area (Å²) in [6.07, 6.45) is 3.06. The van der Waals surface area contributed by atoms with E-state index in [0.29, 0.717) is 11.3 Å². The zero-order valence-corrected chi connectivity index (χ0v) is 8.69. The Morgan fingerprint density at radius 1 is 1.20 bits per heavy atom. The monoisotopic (exact) mass is 204 g/mol. The van der Waals surface area contributed by atoms with Crippen molar-refractivity contribution in [2.24, 2.45) is 0 Å². The fourth-order valence-electron chi connectivity index (χ4n) is 1.07. The number of rotatable bonds is 3. The molecule has 0 aromatic heterocycles. The number of benzene rings is 1. The van der Waals surface area contributed by atoms with Crippen molar-refractivity contribution in [2.45, 2.75) is 13.8 Å². The lowest BCUT2D eigenvalue weighted by atomic mass is 10.2. The SMILES string of the molecule is CC(=O)/C=C\c1ccccc1OC(C)=O. The van der Waals surface area contributed by atoms with Crippen molar-refractivity contribution in [3.8, 4) is 5.75 Å². The van der Waals surface area contributed by atoms with Crippen LogP contribution in [0, 0.1) is 0 Å². The molecule has 0 aliphatic carbocycles. The first-order valence-electron chi connectivity index (χ1n) is 4.55. The molecule has 0 saturated heterocycles. The molecule has 0 radical (unpaired) electrons. The molecule has 3 nitrogen and oxygen atoms in total. The number of hydrogen-bond donors (Lipinski definition) is 0. The van der Waals surface area contributed by atoms with Crippen molar-refractivity contribution < 1.29 is 14.3 Å². The van der Waals surface area contributed by atoms with Gasteiger partial charge in [-0.25, -0.2) is 0 Å². The largest absolute Gasteiger partial charge is 0.426 e. The molecule has 1 aromatic carbocycles.